The molecular weight excluding hydrogens is 377 g/mol. The van der Waals surface area contributed by atoms with Crippen LogP contribution in [-0.4, -0.2) is 37.1 Å². The van der Waals surface area contributed by atoms with E-state index in [4.69, 9.17) is 4.74 Å². The number of hydrogen-bond acceptors (Lipinski definition) is 2. The summed E-state index contributed by atoms with van der Waals surface area (Å²) in [7, 11) is 0. The summed E-state index contributed by atoms with van der Waals surface area (Å²) < 4.78 is 6.50. The topological polar surface area (TPSA) is 29.5 Å². The van der Waals surface area contributed by atoms with Crippen molar-refractivity contribution in [1.82, 2.24) is 4.90 Å². The second-order valence-electron chi connectivity index (χ2n) is 4.99. The number of ether oxygens (including phenoxy) is 1. The first-order valence-electron chi connectivity index (χ1n) is 6.97. The summed E-state index contributed by atoms with van der Waals surface area (Å²) in [5.74, 6) is 0.0902. The Morgan fingerprint density at radius 1 is 0.905 bits per heavy atom. The van der Waals surface area contributed by atoms with Gasteiger partial charge in [-0.15, -0.1) is 0 Å². The Morgan fingerprint density at radius 3 is 2.00 bits per heavy atom. The SMILES string of the molecule is O=C(c1ccc(-c2ccc(I)cc2)cc1)N1CCOCC1. The molecule has 1 heterocycles. The van der Waals surface area contributed by atoms with Gasteiger partial charge in [-0.05, 0) is 58.0 Å². The van der Waals surface area contributed by atoms with Crippen molar-refractivity contribution in [1.29, 1.82) is 0 Å². The zero-order chi connectivity index (χ0) is 14.7. The fourth-order valence-electron chi connectivity index (χ4n) is 2.40. The smallest absolute Gasteiger partial charge is 0.254 e. The highest BCUT2D eigenvalue weighted by Crippen LogP contribution is 2.21. The van der Waals surface area contributed by atoms with Crippen LogP contribution in [0.5, 0.6) is 0 Å². The van der Waals surface area contributed by atoms with E-state index < -0.39 is 0 Å². The molecule has 3 rings (SSSR count). The maximum atomic E-state index is 12.4. The summed E-state index contributed by atoms with van der Waals surface area (Å²) in [6.45, 7) is 2.62. The van der Waals surface area contributed by atoms with E-state index in [1.807, 2.05) is 29.2 Å². The van der Waals surface area contributed by atoms with Crippen molar-refractivity contribution in [2.24, 2.45) is 0 Å². The lowest BCUT2D eigenvalue weighted by atomic mass is 10.0. The number of halogens is 1. The first-order chi connectivity index (χ1) is 10.2. The van der Waals surface area contributed by atoms with Gasteiger partial charge in [0.2, 0.25) is 0 Å². The van der Waals surface area contributed by atoms with Crippen molar-refractivity contribution in [2.45, 2.75) is 0 Å². The molecule has 0 atom stereocenters. The van der Waals surface area contributed by atoms with Gasteiger partial charge in [0.05, 0.1) is 13.2 Å². The predicted octanol–water partition coefficient (Wildman–Crippen LogP) is 3.43. The number of nitrogens with zero attached hydrogens (tertiary/aromatic N) is 1. The first-order valence-corrected chi connectivity index (χ1v) is 8.05. The fraction of sp³-hybridized carbons (Fsp3) is 0.235. The maximum Gasteiger partial charge on any atom is 0.254 e. The third-order valence-electron chi connectivity index (χ3n) is 3.61. The third kappa shape index (κ3) is 3.44. The molecule has 0 bridgehead atoms. The Morgan fingerprint density at radius 2 is 1.43 bits per heavy atom. The van der Waals surface area contributed by atoms with Crippen LogP contribution >= 0.6 is 22.6 Å². The standard InChI is InChI=1S/C17H16INO2/c18-16-7-5-14(6-8-16)13-1-3-15(4-2-13)17(20)19-9-11-21-12-10-19/h1-8H,9-12H2. The van der Waals surface area contributed by atoms with E-state index in [0.29, 0.717) is 26.3 Å². The molecule has 1 fully saturated rings. The summed E-state index contributed by atoms with van der Waals surface area (Å²) in [4.78, 5) is 14.2. The number of benzene rings is 2. The van der Waals surface area contributed by atoms with Crippen LogP contribution in [-0.2, 0) is 4.74 Å². The van der Waals surface area contributed by atoms with E-state index in [1.54, 1.807) is 0 Å². The molecule has 1 amide bonds. The molecule has 2 aromatic rings. The second-order valence-corrected chi connectivity index (χ2v) is 6.23. The average molecular weight is 393 g/mol. The summed E-state index contributed by atoms with van der Waals surface area (Å²) >= 11 is 2.29. The van der Waals surface area contributed by atoms with Gasteiger partial charge in [0, 0.05) is 22.2 Å². The van der Waals surface area contributed by atoms with Gasteiger partial charge in [-0.3, -0.25) is 4.79 Å². The van der Waals surface area contributed by atoms with E-state index in [9.17, 15) is 4.79 Å². The molecule has 0 aliphatic carbocycles. The molecule has 2 aromatic carbocycles. The number of hydrogen-bond donors (Lipinski definition) is 0. The minimum Gasteiger partial charge on any atom is -0.378 e. The molecule has 0 aromatic heterocycles. The molecule has 3 nitrogen and oxygen atoms in total. The molecule has 1 saturated heterocycles. The molecular formula is C17H16INO2. The van der Waals surface area contributed by atoms with Gasteiger partial charge < -0.3 is 9.64 Å². The quantitative estimate of drug-likeness (QED) is 0.732. The van der Waals surface area contributed by atoms with E-state index in [0.717, 1.165) is 11.1 Å². The highest BCUT2D eigenvalue weighted by atomic mass is 127. The van der Waals surface area contributed by atoms with Crippen LogP contribution in [0.15, 0.2) is 48.5 Å². The van der Waals surface area contributed by atoms with Gasteiger partial charge in [-0.2, -0.15) is 0 Å². The summed E-state index contributed by atoms with van der Waals surface area (Å²) in [5.41, 5.74) is 3.04. The van der Waals surface area contributed by atoms with E-state index in [-0.39, 0.29) is 5.91 Å². The predicted molar refractivity (Wildman–Crippen MR) is 91.3 cm³/mol. The number of carbonyl (C=O) groups is 1. The van der Waals surface area contributed by atoms with Gasteiger partial charge in [-0.1, -0.05) is 24.3 Å². The van der Waals surface area contributed by atoms with Crippen LogP contribution in [0, 0.1) is 3.57 Å². The van der Waals surface area contributed by atoms with Gasteiger partial charge in [-0.25, -0.2) is 0 Å². The number of rotatable bonds is 2. The zero-order valence-corrected chi connectivity index (χ0v) is 13.7. The fourth-order valence-corrected chi connectivity index (χ4v) is 2.76. The van der Waals surface area contributed by atoms with Crippen molar-refractivity contribution in [3.05, 3.63) is 57.7 Å². The van der Waals surface area contributed by atoms with Crippen LogP contribution in [0.2, 0.25) is 0 Å². The second kappa shape index (κ2) is 6.58. The highest BCUT2D eigenvalue weighted by molar-refractivity contribution is 14.1. The molecule has 0 unspecified atom stereocenters. The van der Waals surface area contributed by atoms with Gasteiger partial charge in [0.1, 0.15) is 0 Å². The van der Waals surface area contributed by atoms with Crippen LogP contribution in [0.25, 0.3) is 11.1 Å². The van der Waals surface area contributed by atoms with Crippen molar-refractivity contribution in [2.75, 3.05) is 26.3 Å². The summed E-state index contributed by atoms with van der Waals surface area (Å²) in [6.07, 6.45) is 0. The van der Waals surface area contributed by atoms with E-state index in [2.05, 4.69) is 46.9 Å². The monoisotopic (exact) mass is 393 g/mol. The number of morpholine rings is 1. The van der Waals surface area contributed by atoms with Gasteiger partial charge >= 0.3 is 0 Å². The summed E-state index contributed by atoms with van der Waals surface area (Å²) in [5, 5.41) is 0. The lowest BCUT2D eigenvalue weighted by molar-refractivity contribution is 0.0303. The lowest BCUT2D eigenvalue weighted by Gasteiger charge is -2.26. The first kappa shape index (κ1) is 14.5. The highest BCUT2D eigenvalue weighted by Gasteiger charge is 2.18. The zero-order valence-electron chi connectivity index (χ0n) is 11.6. The van der Waals surface area contributed by atoms with Crippen LogP contribution in [0.3, 0.4) is 0 Å². The van der Waals surface area contributed by atoms with Crippen LogP contribution in [0.4, 0.5) is 0 Å². The van der Waals surface area contributed by atoms with E-state index >= 15 is 0 Å². The minimum atomic E-state index is 0.0902. The number of carbonyl (C=O) groups excluding carboxylic acids is 1. The molecule has 1 aliphatic heterocycles. The normalized spacial score (nSPS) is 15.0. The molecule has 0 radical (unpaired) electrons. The molecule has 0 saturated carbocycles. The minimum absolute atomic E-state index is 0.0902. The Labute approximate surface area is 138 Å². The van der Waals surface area contributed by atoms with Crippen molar-refractivity contribution in [3.63, 3.8) is 0 Å². The Kier molecular flexibility index (Phi) is 4.55. The van der Waals surface area contributed by atoms with Crippen LogP contribution < -0.4 is 0 Å². The molecule has 0 N–H and O–H groups in total. The molecule has 0 spiro atoms. The van der Waals surface area contributed by atoms with Crippen molar-refractivity contribution < 1.29 is 9.53 Å². The molecule has 21 heavy (non-hydrogen) atoms. The Balaban J connectivity index is 1.77. The lowest BCUT2D eigenvalue weighted by Crippen LogP contribution is -2.40. The average Bonchev–Trinajstić information content (AvgIpc) is 2.56. The molecule has 108 valence electrons. The summed E-state index contributed by atoms with van der Waals surface area (Å²) in [6, 6.07) is 16.2. The molecule has 4 heteroatoms. The van der Waals surface area contributed by atoms with Crippen molar-refractivity contribution >= 4 is 28.5 Å². The Bertz CT molecular complexity index is 616. The van der Waals surface area contributed by atoms with Crippen molar-refractivity contribution in [3.8, 4) is 11.1 Å². The number of amides is 1. The van der Waals surface area contributed by atoms with Gasteiger partial charge in [0.15, 0.2) is 0 Å². The Hall–Kier alpha value is -1.40. The largest absolute Gasteiger partial charge is 0.378 e. The molecule has 1 aliphatic rings. The van der Waals surface area contributed by atoms with Crippen LogP contribution in [0.1, 0.15) is 10.4 Å². The third-order valence-corrected chi connectivity index (χ3v) is 4.33. The van der Waals surface area contributed by atoms with E-state index in [1.165, 1.54) is 9.13 Å². The maximum absolute atomic E-state index is 12.4. The van der Waals surface area contributed by atoms with Gasteiger partial charge in [0.25, 0.3) is 5.91 Å².